The van der Waals surface area contributed by atoms with Gasteiger partial charge in [-0.3, -0.25) is 4.79 Å². The second kappa shape index (κ2) is 7.72. The lowest BCUT2D eigenvalue weighted by molar-refractivity contribution is -0.137. The normalized spacial score (nSPS) is 22.9. The third-order valence-electron chi connectivity index (χ3n) is 4.49. The highest BCUT2D eigenvalue weighted by atomic mass is 19.4. The van der Waals surface area contributed by atoms with Crippen LogP contribution in [0.5, 0.6) is 0 Å². The molecule has 1 aromatic carbocycles. The van der Waals surface area contributed by atoms with Crippen LogP contribution in [-0.4, -0.2) is 59.5 Å². The van der Waals surface area contributed by atoms with E-state index in [1.54, 1.807) is 6.08 Å². The average Bonchev–Trinajstić information content (AvgIpc) is 2.98. The van der Waals surface area contributed by atoms with E-state index in [1.165, 1.54) is 12.1 Å². The lowest BCUT2D eigenvalue weighted by Gasteiger charge is -2.19. The number of aliphatic hydroxyl groups is 2. The Morgan fingerprint density at radius 3 is 2.52 bits per heavy atom. The third-order valence-corrected chi connectivity index (χ3v) is 4.49. The third kappa shape index (κ3) is 4.50. The monoisotopic (exact) mass is 381 g/mol. The number of benzene rings is 1. The molecule has 2 aliphatic rings. The summed E-state index contributed by atoms with van der Waals surface area (Å²) in [5, 5.41) is 18.9. The predicted octanol–water partition coefficient (Wildman–Crippen LogP) is 1.42. The van der Waals surface area contributed by atoms with Gasteiger partial charge in [-0.2, -0.15) is 13.2 Å². The minimum absolute atomic E-state index is 0.0579. The molecule has 0 radical (unpaired) electrons. The highest BCUT2D eigenvalue weighted by molar-refractivity contribution is 5.94. The molecule has 2 N–H and O–H groups in total. The Hall–Kier alpha value is -2.34. The maximum Gasteiger partial charge on any atom is 0.417 e. The molecule has 2 aliphatic heterocycles. The van der Waals surface area contributed by atoms with Crippen LogP contribution in [0, 0.1) is 11.8 Å². The van der Waals surface area contributed by atoms with Crippen molar-refractivity contribution in [1.82, 2.24) is 4.90 Å². The van der Waals surface area contributed by atoms with E-state index in [2.05, 4.69) is 11.8 Å². The number of hydrogen-bond donors (Lipinski definition) is 2. The molecule has 1 fully saturated rings. The number of hydrogen-bond acceptors (Lipinski definition) is 4. The average molecular weight is 381 g/mol. The zero-order chi connectivity index (χ0) is 19.6. The van der Waals surface area contributed by atoms with Gasteiger partial charge in [0.15, 0.2) is 0 Å². The minimum atomic E-state index is -4.56. The maximum atomic E-state index is 13.5. The number of halogens is 3. The number of likely N-dealkylation sites (tertiary alicyclic amines) is 1. The molecule has 1 amide bonds. The fourth-order valence-corrected chi connectivity index (χ4v) is 3.05. The zero-order valence-corrected chi connectivity index (χ0v) is 14.3. The van der Waals surface area contributed by atoms with Crippen LogP contribution in [0.2, 0.25) is 0 Å². The van der Waals surface area contributed by atoms with Crippen LogP contribution < -0.4 is 0 Å². The molecule has 8 heteroatoms. The van der Waals surface area contributed by atoms with E-state index in [1.807, 2.05) is 0 Å². The number of carbonyl (C=O) groups excluding carboxylic acids is 1. The van der Waals surface area contributed by atoms with Gasteiger partial charge in [-0.1, -0.05) is 18.1 Å². The Kier molecular flexibility index (Phi) is 5.56. The van der Waals surface area contributed by atoms with Gasteiger partial charge in [-0.15, -0.1) is 0 Å². The van der Waals surface area contributed by atoms with Crippen LogP contribution in [0.15, 0.2) is 24.3 Å². The Labute approximate surface area is 154 Å². The molecule has 3 rings (SSSR count). The summed E-state index contributed by atoms with van der Waals surface area (Å²) in [6.07, 6.45) is -4.61. The maximum absolute atomic E-state index is 13.5. The first-order chi connectivity index (χ1) is 12.8. The summed E-state index contributed by atoms with van der Waals surface area (Å²) in [6.45, 7) is 0.526. The Balaban J connectivity index is 1.85. The molecule has 0 aliphatic carbocycles. The summed E-state index contributed by atoms with van der Waals surface area (Å²) in [4.78, 5) is 13.2. The van der Waals surface area contributed by atoms with Crippen LogP contribution in [0.25, 0.3) is 5.57 Å². The van der Waals surface area contributed by atoms with Crippen LogP contribution in [0.3, 0.4) is 0 Å². The Bertz CT molecular complexity index is 812. The quantitative estimate of drug-likeness (QED) is 0.722. The first-order valence-corrected chi connectivity index (χ1v) is 8.41. The Morgan fingerprint density at radius 1 is 1.22 bits per heavy atom. The number of ether oxygens (including phenoxy) is 1. The summed E-state index contributed by atoms with van der Waals surface area (Å²) in [6, 6.07) is 3.73. The number of carbonyl (C=O) groups is 1. The van der Waals surface area contributed by atoms with E-state index in [9.17, 15) is 28.2 Å². The van der Waals surface area contributed by atoms with Gasteiger partial charge < -0.3 is 19.8 Å². The van der Waals surface area contributed by atoms with Crippen molar-refractivity contribution in [3.63, 3.8) is 0 Å². The van der Waals surface area contributed by atoms with E-state index >= 15 is 0 Å². The lowest BCUT2D eigenvalue weighted by Crippen LogP contribution is -2.28. The van der Waals surface area contributed by atoms with Gasteiger partial charge in [0.25, 0.3) is 5.91 Å². The van der Waals surface area contributed by atoms with E-state index in [0.717, 1.165) is 11.0 Å². The summed E-state index contributed by atoms with van der Waals surface area (Å²) in [5.74, 6) is 4.06. The standard InChI is InChI=1S/C19H18F3NO4/c20-19(21,22)15-9-12(1-3-14(15)13-5-7-27-8-6-13)2-4-18(26)23-10-16(24)17(25)11-23/h1,3,5,9,16-17,24-25H,6-8,10-11H2/t16-,17+. The van der Waals surface area contributed by atoms with Gasteiger partial charge in [0.1, 0.15) is 0 Å². The molecule has 1 aromatic rings. The molecule has 0 unspecified atom stereocenters. The lowest BCUT2D eigenvalue weighted by atomic mass is 9.94. The van der Waals surface area contributed by atoms with Crippen LogP contribution in [-0.2, 0) is 15.7 Å². The van der Waals surface area contributed by atoms with Crippen molar-refractivity contribution >= 4 is 11.5 Å². The van der Waals surface area contributed by atoms with Gasteiger partial charge in [-0.25, -0.2) is 0 Å². The molecule has 0 spiro atoms. The SMILES string of the molecule is O=C(C#Cc1ccc(C2=CCOCC2)c(C(F)(F)F)c1)N1C[C@@H](O)[C@@H](O)C1. The van der Waals surface area contributed by atoms with Crippen molar-refractivity contribution in [3.05, 3.63) is 41.0 Å². The molecule has 2 atom stereocenters. The number of amides is 1. The summed E-state index contributed by atoms with van der Waals surface area (Å²) >= 11 is 0. The number of aliphatic hydroxyl groups excluding tert-OH is 2. The fraction of sp³-hybridized carbons (Fsp3) is 0.421. The highest BCUT2D eigenvalue weighted by Crippen LogP contribution is 2.37. The van der Waals surface area contributed by atoms with Gasteiger partial charge in [0.05, 0.1) is 44.1 Å². The van der Waals surface area contributed by atoms with E-state index < -0.39 is 29.9 Å². The van der Waals surface area contributed by atoms with Crippen LogP contribution >= 0.6 is 0 Å². The van der Waals surface area contributed by atoms with Crippen molar-refractivity contribution in [2.45, 2.75) is 24.8 Å². The van der Waals surface area contributed by atoms with Gasteiger partial charge in [0.2, 0.25) is 0 Å². The van der Waals surface area contributed by atoms with Crippen LogP contribution in [0.4, 0.5) is 13.2 Å². The summed E-state index contributed by atoms with van der Waals surface area (Å²) in [5.41, 5.74) is -0.0769. The molecule has 0 bridgehead atoms. The fourth-order valence-electron chi connectivity index (χ4n) is 3.05. The van der Waals surface area contributed by atoms with Gasteiger partial charge >= 0.3 is 6.18 Å². The molecule has 144 valence electrons. The molecular weight excluding hydrogens is 363 g/mol. The second-order valence-electron chi connectivity index (χ2n) is 6.41. The van der Waals surface area contributed by atoms with Crippen molar-refractivity contribution in [2.24, 2.45) is 0 Å². The number of nitrogens with zero attached hydrogens (tertiary/aromatic N) is 1. The van der Waals surface area contributed by atoms with Crippen molar-refractivity contribution in [3.8, 4) is 11.8 Å². The van der Waals surface area contributed by atoms with Crippen LogP contribution in [0.1, 0.15) is 23.1 Å². The molecule has 5 nitrogen and oxygen atoms in total. The largest absolute Gasteiger partial charge is 0.417 e. The molecule has 1 saturated heterocycles. The first kappa shape index (κ1) is 19.4. The minimum Gasteiger partial charge on any atom is -0.388 e. The summed E-state index contributed by atoms with van der Waals surface area (Å²) in [7, 11) is 0. The number of β-amino-alcohol motifs (C(OH)–C–C–N with tert-alkyl or cyclic N) is 2. The number of rotatable bonds is 1. The molecule has 0 saturated carbocycles. The topological polar surface area (TPSA) is 70.0 Å². The van der Waals surface area contributed by atoms with Gasteiger partial charge in [0, 0.05) is 11.5 Å². The van der Waals surface area contributed by atoms with Crippen molar-refractivity contribution in [2.75, 3.05) is 26.3 Å². The van der Waals surface area contributed by atoms with E-state index in [-0.39, 0.29) is 30.8 Å². The Morgan fingerprint density at radius 2 is 1.93 bits per heavy atom. The molecule has 2 heterocycles. The zero-order valence-electron chi connectivity index (χ0n) is 14.3. The number of alkyl halides is 3. The highest BCUT2D eigenvalue weighted by Gasteiger charge is 2.35. The molecule has 27 heavy (non-hydrogen) atoms. The molecular formula is C19H18F3NO4. The molecule has 0 aromatic heterocycles. The van der Waals surface area contributed by atoms with Gasteiger partial charge in [-0.05, 0) is 29.7 Å². The smallest absolute Gasteiger partial charge is 0.388 e. The van der Waals surface area contributed by atoms with Crippen molar-refractivity contribution < 1.29 is 32.9 Å². The van der Waals surface area contributed by atoms with E-state index in [0.29, 0.717) is 18.6 Å². The predicted molar refractivity (Wildman–Crippen MR) is 90.3 cm³/mol. The second-order valence-corrected chi connectivity index (χ2v) is 6.41. The van der Waals surface area contributed by atoms with E-state index in [4.69, 9.17) is 4.74 Å². The first-order valence-electron chi connectivity index (χ1n) is 8.41. The van der Waals surface area contributed by atoms with Crippen molar-refractivity contribution in [1.29, 1.82) is 0 Å². The summed E-state index contributed by atoms with van der Waals surface area (Å²) < 4.78 is 45.6.